The molecule has 0 aliphatic rings. The smallest absolute Gasteiger partial charge is 0.0897 e. The van der Waals surface area contributed by atoms with Gasteiger partial charge in [-0.25, -0.2) is 4.98 Å². The minimum atomic E-state index is 1.04. The van der Waals surface area contributed by atoms with Crippen LogP contribution in [-0.2, 0) is 6.42 Å². The molecule has 0 spiro atoms. The second-order valence-corrected chi connectivity index (χ2v) is 4.73. The molecule has 3 nitrogen and oxygen atoms in total. The van der Waals surface area contributed by atoms with Crippen LogP contribution in [0.25, 0.3) is 0 Å². The van der Waals surface area contributed by atoms with Crippen molar-refractivity contribution in [2.45, 2.75) is 26.2 Å². The van der Waals surface area contributed by atoms with Gasteiger partial charge in [-0.15, -0.1) is 11.3 Å². The number of nitrogens with zero attached hydrogens (tertiary/aromatic N) is 1. The van der Waals surface area contributed by atoms with Crippen LogP contribution in [0, 0.1) is 6.92 Å². The Balaban J connectivity index is 1.93. The second-order valence-electron chi connectivity index (χ2n) is 3.67. The van der Waals surface area contributed by atoms with E-state index in [1.165, 1.54) is 23.5 Å². The van der Waals surface area contributed by atoms with Crippen LogP contribution >= 0.6 is 11.3 Å². The zero-order valence-corrected chi connectivity index (χ0v) is 10.5. The van der Waals surface area contributed by atoms with Crippen LogP contribution in [0.4, 0.5) is 0 Å². The van der Waals surface area contributed by atoms with Gasteiger partial charge in [-0.05, 0) is 39.9 Å². The maximum atomic E-state index is 4.43. The fourth-order valence-corrected chi connectivity index (χ4v) is 2.06. The van der Waals surface area contributed by atoms with Gasteiger partial charge in [0.2, 0.25) is 0 Å². The number of hydrogen-bond acceptors (Lipinski definition) is 4. The van der Waals surface area contributed by atoms with Gasteiger partial charge in [0.1, 0.15) is 0 Å². The Bertz CT molecular complexity index is 260. The van der Waals surface area contributed by atoms with Crippen molar-refractivity contribution in [2.75, 3.05) is 26.7 Å². The van der Waals surface area contributed by atoms with Crippen LogP contribution in [-0.4, -0.2) is 31.7 Å². The molecule has 0 atom stereocenters. The molecule has 1 heterocycles. The summed E-state index contributed by atoms with van der Waals surface area (Å²) in [6.45, 7) is 5.33. The summed E-state index contributed by atoms with van der Waals surface area (Å²) < 4.78 is 0. The lowest BCUT2D eigenvalue weighted by Crippen LogP contribution is -2.19. The quantitative estimate of drug-likeness (QED) is 0.662. The first-order valence-corrected chi connectivity index (χ1v) is 6.47. The van der Waals surface area contributed by atoms with Crippen molar-refractivity contribution in [3.05, 3.63) is 16.1 Å². The van der Waals surface area contributed by atoms with Gasteiger partial charge < -0.3 is 10.6 Å². The molecule has 0 aromatic carbocycles. The van der Waals surface area contributed by atoms with Gasteiger partial charge >= 0.3 is 0 Å². The highest BCUT2D eigenvalue weighted by molar-refractivity contribution is 7.09. The van der Waals surface area contributed by atoms with Gasteiger partial charge in [0.25, 0.3) is 0 Å². The number of rotatable bonds is 8. The third kappa shape index (κ3) is 5.87. The summed E-state index contributed by atoms with van der Waals surface area (Å²) >= 11 is 1.73. The SMILES string of the molecule is CNCCCCNCCc1csc(C)n1. The van der Waals surface area contributed by atoms with E-state index < -0.39 is 0 Å². The third-order valence-corrected chi connectivity index (χ3v) is 3.08. The summed E-state index contributed by atoms with van der Waals surface area (Å²) in [7, 11) is 2.00. The van der Waals surface area contributed by atoms with E-state index in [1.807, 2.05) is 7.05 Å². The van der Waals surface area contributed by atoms with E-state index in [-0.39, 0.29) is 0 Å². The fraction of sp³-hybridized carbons (Fsp3) is 0.727. The first-order chi connectivity index (χ1) is 7.33. The second kappa shape index (κ2) is 7.79. The number of aromatic nitrogens is 1. The number of hydrogen-bond donors (Lipinski definition) is 2. The number of unbranched alkanes of at least 4 members (excludes halogenated alkanes) is 1. The lowest BCUT2D eigenvalue weighted by molar-refractivity contribution is 0.604. The van der Waals surface area contributed by atoms with Crippen molar-refractivity contribution in [2.24, 2.45) is 0 Å². The molecule has 0 fully saturated rings. The Morgan fingerprint density at radius 2 is 2.07 bits per heavy atom. The Labute approximate surface area is 96.3 Å². The number of nitrogens with one attached hydrogen (secondary N) is 2. The molecule has 2 N–H and O–H groups in total. The average Bonchev–Trinajstić information content (AvgIpc) is 2.63. The Hall–Kier alpha value is -0.450. The van der Waals surface area contributed by atoms with E-state index >= 15 is 0 Å². The van der Waals surface area contributed by atoms with Crippen LogP contribution < -0.4 is 10.6 Å². The van der Waals surface area contributed by atoms with E-state index in [1.54, 1.807) is 11.3 Å². The standard InChI is InChI=1S/C11H21N3S/c1-10-14-11(9-15-10)5-8-13-7-4-3-6-12-2/h9,12-13H,3-8H2,1-2H3. The lowest BCUT2D eigenvalue weighted by Gasteiger charge is -2.03. The van der Waals surface area contributed by atoms with E-state index in [4.69, 9.17) is 0 Å². The third-order valence-electron chi connectivity index (χ3n) is 2.25. The molecule has 0 amide bonds. The lowest BCUT2D eigenvalue weighted by atomic mass is 10.3. The molecule has 0 aliphatic heterocycles. The van der Waals surface area contributed by atoms with Gasteiger partial charge in [-0.3, -0.25) is 0 Å². The predicted octanol–water partition coefficient (Wildman–Crippen LogP) is 1.58. The molecule has 15 heavy (non-hydrogen) atoms. The first-order valence-electron chi connectivity index (χ1n) is 5.59. The monoisotopic (exact) mass is 227 g/mol. The molecule has 1 aromatic rings. The molecule has 86 valence electrons. The van der Waals surface area contributed by atoms with Crippen LogP contribution in [0.5, 0.6) is 0 Å². The highest BCUT2D eigenvalue weighted by Crippen LogP contribution is 2.07. The minimum absolute atomic E-state index is 1.04. The maximum absolute atomic E-state index is 4.43. The molecule has 0 unspecified atom stereocenters. The van der Waals surface area contributed by atoms with Gasteiger partial charge in [-0.1, -0.05) is 0 Å². The molecule has 0 bridgehead atoms. The highest BCUT2D eigenvalue weighted by atomic mass is 32.1. The van der Waals surface area contributed by atoms with Crippen LogP contribution in [0.3, 0.4) is 0 Å². The van der Waals surface area contributed by atoms with Crippen molar-refractivity contribution < 1.29 is 0 Å². The molecule has 1 aromatic heterocycles. The number of thiazole rings is 1. The van der Waals surface area contributed by atoms with Crippen molar-refractivity contribution >= 4 is 11.3 Å². The average molecular weight is 227 g/mol. The summed E-state index contributed by atoms with van der Waals surface area (Å²) in [6, 6.07) is 0. The Kier molecular flexibility index (Phi) is 6.55. The zero-order chi connectivity index (χ0) is 10.9. The van der Waals surface area contributed by atoms with E-state index in [9.17, 15) is 0 Å². The van der Waals surface area contributed by atoms with Crippen molar-refractivity contribution in [3.63, 3.8) is 0 Å². The Morgan fingerprint density at radius 3 is 2.73 bits per heavy atom. The molecule has 1 rings (SSSR count). The molecular formula is C11H21N3S. The zero-order valence-electron chi connectivity index (χ0n) is 9.68. The van der Waals surface area contributed by atoms with Crippen molar-refractivity contribution in [1.82, 2.24) is 15.6 Å². The summed E-state index contributed by atoms with van der Waals surface area (Å²) in [6.07, 6.45) is 3.55. The molecule has 4 heteroatoms. The molecular weight excluding hydrogens is 206 g/mol. The van der Waals surface area contributed by atoms with E-state index in [0.717, 1.165) is 26.1 Å². The van der Waals surface area contributed by atoms with Crippen molar-refractivity contribution in [1.29, 1.82) is 0 Å². The fourth-order valence-electron chi connectivity index (χ4n) is 1.42. The Morgan fingerprint density at radius 1 is 1.27 bits per heavy atom. The topological polar surface area (TPSA) is 37.0 Å². The van der Waals surface area contributed by atoms with Crippen LogP contribution in [0.2, 0.25) is 0 Å². The van der Waals surface area contributed by atoms with E-state index in [2.05, 4.69) is 27.9 Å². The van der Waals surface area contributed by atoms with Gasteiger partial charge in [0.15, 0.2) is 0 Å². The van der Waals surface area contributed by atoms with Gasteiger partial charge in [0, 0.05) is 18.3 Å². The highest BCUT2D eigenvalue weighted by Gasteiger charge is 1.97. The largest absolute Gasteiger partial charge is 0.320 e. The molecule has 0 saturated heterocycles. The summed E-state index contributed by atoms with van der Waals surface area (Å²) in [5, 5.41) is 9.91. The summed E-state index contributed by atoms with van der Waals surface area (Å²) in [5.74, 6) is 0. The number of aryl methyl sites for hydroxylation is 1. The molecule has 0 aliphatic carbocycles. The first kappa shape index (κ1) is 12.6. The van der Waals surface area contributed by atoms with Crippen LogP contribution in [0.15, 0.2) is 5.38 Å². The normalized spacial score (nSPS) is 10.8. The summed E-state index contributed by atoms with van der Waals surface area (Å²) in [5.41, 5.74) is 1.22. The predicted molar refractivity (Wildman–Crippen MR) is 66.6 cm³/mol. The van der Waals surface area contributed by atoms with Crippen LogP contribution in [0.1, 0.15) is 23.5 Å². The molecule has 0 saturated carbocycles. The van der Waals surface area contributed by atoms with Gasteiger partial charge in [0.05, 0.1) is 10.7 Å². The van der Waals surface area contributed by atoms with E-state index in [0.29, 0.717) is 0 Å². The minimum Gasteiger partial charge on any atom is -0.320 e. The summed E-state index contributed by atoms with van der Waals surface area (Å²) in [4.78, 5) is 4.43. The molecule has 0 radical (unpaired) electrons. The van der Waals surface area contributed by atoms with Gasteiger partial charge in [-0.2, -0.15) is 0 Å². The van der Waals surface area contributed by atoms with Crippen molar-refractivity contribution in [3.8, 4) is 0 Å². The maximum Gasteiger partial charge on any atom is 0.0897 e.